The van der Waals surface area contributed by atoms with E-state index < -0.39 is 0 Å². The van der Waals surface area contributed by atoms with Crippen LogP contribution < -0.4 is 0 Å². The Morgan fingerprint density at radius 1 is 1.14 bits per heavy atom. The number of aliphatic imine (C=N–C) groups is 1. The van der Waals surface area contributed by atoms with Crippen molar-refractivity contribution in [2.45, 2.75) is 13.3 Å². The van der Waals surface area contributed by atoms with Gasteiger partial charge in [0.25, 0.3) is 0 Å². The maximum absolute atomic E-state index is 11.6. The highest BCUT2D eigenvalue weighted by atomic mass is 16.5. The summed E-state index contributed by atoms with van der Waals surface area (Å²) >= 11 is 0. The van der Waals surface area contributed by atoms with Gasteiger partial charge in [-0.05, 0) is 41.8 Å². The van der Waals surface area contributed by atoms with Gasteiger partial charge in [-0.3, -0.25) is 4.99 Å². The second kappa shape index (κ2) is 7.93. The quantitative estimate of drug-likeness (QED) is 0.451. The van der Waals surface area contributed by atoms with Gasteiger partial charge in [0.05, 0.1) is 11.3 Å². The molecule has 0 fully saturated rings. The van der Waals surface area contributed by atoms with Crippen molar-refractivity contribution in [1.29, 1.82) is 0 Å². The first-order chi connectivity index (χ1) is 10.7. The van der Waals surface area contributed by atoms with E-state index in [1.807, 2.05) is 18.3 Å². The van der Waals surface area contributed by atoms with Gasteiger partial charge < -0.3 is 4.74 Å². The molecule has 0 saturated carbocycles. The first kappa shape index (κ1) is 15.7. The Kier molecular flexibility index (Phi) is 5.66. The molecule has 0 saturated heterocycles. The number of rotatable bonds is 6. The van der Waals surface area contributed by atoms with Crippen LogP contribution in [0.3, 0.4) is 0 Å². The summed E-state index contributed by atoms with van der Waals surface area (Å²) in [4.78, 5) is 16.0. The average molecular weight is 293 g/mol. The van der Waals surface area contributed by atoms with Crippen molar-refractivity contribution in [2.24, 2.45) is 4.99 Å². The maximum Gasteiger partial charge on any atom is 0.338 e. The highest BCUT2D eigenvalue weighted by Crippen LogP contribution is 2.14. The van der Waals surface area contributed by atoms with Crippen LogP contribution in [0.2, 0.25) is 0 Å². The molecule has 0 bridgehead atoms. The Morgan fingerprint density at radius 2 is 1.82 bits per heavy atom. The molecule has 3 heteroatoms. The standard InChI is InChI=1S/C19H19NO2/c1-3-13-22-19(21)17-9-11-18(12-10-17)20-14-16-7-5-15(4-2)6-8-16/h3,5-12,14H,1,4,13H2,2H3. The van der Waals surface area contributed by atoms with Crippen LogP contribution in [0.4, 0.5) is 5.69 Å². The number of nitrogens with zero attached hydrogens (tertiary/aromatic N) is 1. The zero-order chi connectivity index (χ0) is 15.8. The number of ether oxygens (including phenoxy) is 1. The number of hydrogen-bond acceptors (Lipinski definition) is 3. The Labute approximate surface area is 131 Å². The normalized spacial score (nSPS) is 10.6. The summed E-state index contributed by atoms with van der Waals surface area (Å²) in [6.07, 6.45) is 4.38. The van der Waals surface area contributed by atoms with E-state index >= 15 is 0 Å². The van der Waals surface area contributed by atoms with Gasteiger partial charge >= 0.3 is 5.97 Å². The topological polar surface area (TPSA) is 38.7 Å². The second-order valence-electron chi connectivity index (χ2n) is 4.79. The molecule has 3 nitrogen and oxygen atoms in total. The van der Waals surface area contributed by atoms with E-state index in [1.54, 1.807) is 30.3 Å². The molecule has 0 unspecified atom stereocenters. The Hall–Kier alpha value is -2.68. The highest BCUT2D eigenvalue weighted by molar-refractivity contribution is 5.90. The number of esters is 1. The second-order valence-corrected chi connectivity index (χ2v) is 4.79. The van der Waals surface area contributed by atoms with Gasteiger partial charge in [0.15, 0.2) is 0 Å². The van der Waals surface area contributed by atoms with Crippen molar-refractivity contribution >= 4 is 17.9 Å². The van der Waals surface area contributed by atoms with Gasteiger partial charge in [0, 0.05) is 6.21 Å². The van der Waals surface area contributed by atoms with Crippen molar-refractivity contribution in [1.82, 2.24) is 0 Å². The van der Waals surface area contributed by atoms with Crippen LogP contribution in [0, 0.1) is 0 Å². The summed E-state index contributed by atoms with van der Waals surface area (Å²) in [6, 6.07) is 15.3. The molecule has 112 valence electrons. The highest BCUT2D eigenvalue weighted by Gasteiger charge is 2.05. The summed E-state index contributed by atoms with van der Waals surface area (Å²) < 4.78 is 4.97. The van der Waals surface area contributed by atoms with Gasteiger partial charge in [0.2, 0.25) is 0 Å². The number of hydrogen-bond donors (Lipinski definition) is 0. The Balaban J connectivity index is 2.02. The SMILES string of the molecule is C=CCOC(=O)c1ccc(N=Cc2ccc(CC)cc2)cc1. The van der Waals surface area contributed by atoms with E-state index in [-0.39, 0.29) is 12.6 Å². The molecular formula is C19H19NO2. The molecule has 22 heavy (non-hydrogen) atoms. The number of aryl methyl sites for hydroxylation is 1. The third kappa shape index (κ3) is 4.42. The van der Waals surface area contributed by atoms with Gasteiger partial charge in [-0.25, -0.2) is 4.79 Å². The molecule has 0 aliphatic heterocycles. The van der Waals surface area contributed by atoms with E-state index in [0.717, 1.165) is 17.7 Å². The lowest BCUT2D eigenvalue weighted by molar-refractivity contribution is 0.0550. The van der Waals surface area contributed by atoms with E-state index in [0.29, 0.717) is 5.56 Å². The predicted molar refractivity (Wildman–Crippen MR) is 90.0 cm³/mol. The van der Waals surface area contributed by atoms with Crippen molar-refractivity contribution in [3.05, 3.63) is 77.9 Å². The van der Waals surface area contributed by atoms with Crippen LogP contribution in [-0.2, 0) is 11.2 Å². The Bertz CT molecular complexity index is 655. The van der Waals surface area contributed by atoms with Crippen LogP contribution in [0.1, 0.15) is 28.4 Å². The fourth-order valence-electron chi connectivity index (χ4n) is 1.89. The Morgan fingerprint density at radius 3 is 2.41 bits per heavy atom. The van der Waals surface area contributed by atoms with Gasteiger partial charge in [-0.15, -0.1) is 0 Å². The predicted octanol–water partition coefficient (Wildman–Crippen LogP) is 4.34. The van der Waals surface area contributed by atoms with E-state index in [4.69, 9.17) is 4.74 Å². The lowest BCUT2D eigenvalue weighted by atomic mass is 10.1. The zero-order valence-corrected chi connectivity index (χ0v) is 12.7. The van der Waals surface area contributed by atoms with Crippen LogP contribution in [0.25, 0.3) is 0 Å². The lowest BCUT2D eigenvalue weighted by Gasteiger charge is -2.02. The lowest BCUT2D eigenvalue weighted by Crippen LogP contribution is -2.04. The van der Waals surface area contributed by atoms with Crippen molar-refractivity contribution in [3.8, 4) is 0 Å². The molecule has 0 N–H and O–H groups in total. The summed E-state index contributed by atoms with van der Waals surface area (Å²) in [6.45, 7) is 5.85. The molecular weight excluding hydrogens is 274 g/mol. The van der Waals surface area contributed by atoms with Crippen LogP contribution in [-0.4, -0.2) is 18.8 Å². The van der Waals surface area contributed by atoms with Crippen molar-refractivity contribution in [2.75, 3.05) is 6.61 Å². The van der Waals surface area contributed by atoms with Crippen LogP contribution in [0.15, 0.2) is 66.2 Å². The number of carbonyl (C=O) groups excluding carboxylic acids is 1. The monoisotopic (exact) mass is 293 g/mol. The minimum atomic E-state index is -0.356. The van der Waals surface area contributed by atoms with Crippen LogP contribution in [0.5, 0.6) is 0 Å². The minimum absolute atomic E-state index is 0.215. The van der Waals surface area contributed by atoms with Gasteiger partial charge in [-0.1, -0.05) is 43.8 Å². The zero-order valence-electron chi connectivity index (χ0n) is 12.7. The van der Waals surface area contributed by atoms with Crippen molar-refractivity contribution in [3.63, 3.8) is 0 Å². The fourth-order valence-corrected chi connectivity index (χ4v) is 1.89. The molecule has 0 radical (unpaired) electrons. The van der Waals surface area contributed by atoms with E-state index in [2.05, 4.69) is 30.6 Å². The number of carbonyl (C=O) groups is 1. The average Bonchev–Trinajstić information content (AvgIpc) is 2.58. The molecule has 0 aliphatic carbocycles. The molecule has 2 rings (SSSR count). The molecule has 0 atom stereocenters. The van der Waals surface area contributed by atoms with Gasteiger partial charge in [-0.2, -0.15) is 0 Å². The van der Waals surface area contributed by atoms with E-state index in [9.17, 15) is 4.79 Å². The molecule has 0 heterocycles. The van der Waals surface area contributed by atoms with Crippen LogP contribution >= 0.6 is 0 Å². The third-order valence-corrected chi connectivity index (χ3v) is 3.19. The number of benzene rings is 2. The first-order valence-corrected chi connectivity index (χ1v) is 7.24. The molecule has 2 aromatic rings. The largest absolute Gasteiger partial charge is 0.458 e. The molecule has 0 amide bonds. The maximum atomic E-state index is 11.6. The first-order valence-electron chi connectivity index (χ1n) is 7.24. The fraction of sp³-hybridized carbons (Fsp3) is 0.158. The minimum Gasteiger partial charge on any atom is -0.458 e. The summed E-state index contributed by atoms with van der Waals surface area (Å²) in [5.41, 5.74) is 3.65. The smallest absolute Gasteiger partial charge is 0.338 e. The summed E-state index contributed by atoms with van der Waals surface area (Å²) in [5, 5.41) is 0. The molecule has 0 aromatic heterocycles. The van der Waals surface area contributed by atoms with Gasteiger partial charge in [0.1, 0.15) is 6.61 Å². The van der Waals surface area contributed by atoms with Crippen molar-refractivity contribution < 1.29 is 9.53 Å². The molecule has 0 spiro atoms. The molecule has 2 aromatic carbocycles. The van der Waals surface area contributed by atoms with E-state index in [1.165, 1.54) is 5.56 Å². The summed E-state index contributed by atoms with van der Waals surface area (Å²) in [7, 11) is 0. The molecule has 0 aliphatic rings. The summed E-state index contributed by atoms with van der Waals surface area (Å²) in [5.74, 6) is -0.356. The third-order valence-electron chi connectivity index (χ3n) is 3.19.